The van der Waals surface area contributed by atoms with E-state index in [1.54, 1.807) is 40.0 Å². The van der Waals surface area contributed by atoms with E-state index < -0.39 is 0 Å². The molecule has 3 aromatic rings. The van der Waals surface area contributed by atoms with Crippen molar-refractivity contribution in [3.8, 4) is 0 Å². The van der Waals surface area contributed by atoms with Gasteiger partial charge in [0.15, 0.2) is 11.3 Å². The third-order valence-electron chi connectivity index (χ3n) is 4.60. The van der Waals surface area contributed by atoms with Crippen molar-refractivity contribution in [2.45, 2.75) is 6.54 Å². The molecule has 8 heteroatoms. The standard InChI is InChI=1S/C18H17BrFN5O/c19-15-11-22-17-16(21-5-6-25(15)17)18(26)24-9-7-23(8-10-24)12-13-3-1-2-4-14(13)20/h1-6,11H,7-10,12H2. The zero-order chi connectivity index (χ0) is 18.1. The predicted molar refractivity (Wildman–Crippen MR) is 98.3 cm³/mol. The second kappa shape index (κ2) is 7.13. The Morgan fingerprint density at radius 2 is 1.92 bits per heavy atom. The summed E-state index contributed by atoms with van der Waals surface area (Å²) in [6, 6.07) is 6.81. The van der Waals surface area contributed by atoms with Gasteiger partial charge in [-0.1, -0.05) is 18.2 Å². The van der Waals surface area contributed by atoms with Gasteiger partial charge in [0.1, 0.15) is 10.4 Å². The number of carbonyl (C=O) groups excluding carboxylic acids is 1. The van der Waals surface area contributed by atoms with Crippen LogP contribution >= 0.6 is 15.9 Å². The SMILES string of the molecule is O=C(c1nccn2c(Br)cnc12)N1CCN(Cc2ccccc2F)CC1. The highest BCUT2D eigenvalue weighted by Crippen LogP contribution is 2.17. The number of carbonyl (C=O) groups is 1. The molecular formula is C18H17BrFN5O. The average molecular weight is 418 g/mol. The quantitative estimate of drug-likeness (QED) is 0.657. The number of hydrogen-bond donors (Lipinski definition) is 0. The predicted octanol–water partition coefficient (Wildman–Crippen LogP) is 2.59. The van der Waals surface area contributed by atoms with Gasteiger partial charge in [-0.05, 0) is 22.0 Å². The van der Waals surface area contributed by atoms with Crippen LogP contribution in [0.3, 0.4) is 0 Å². The Labute approximate surface area is 158 Å². The molecule has 0 saturated carbocycles. The number of aromatic nitrogens is 3. The number of fused-ring (bicyclic) bond motifs is 1. The van der Waals surface area contributed by atoms with Crippen molar-refractivity contribution in [2.75, 3.05) is 26.2 Å². The van der Waals surface area contributed by atoms with Crippen LogP contribution in [0.4, 0.5) is 4.39 Å². The molecule has 0 aliphatic carbocycles. The maximum absolute atomic E-state index is 13.8. The fourth-order valence-corrected chi connectivity index (χ4v) is 3.56. The van der Waals surface area contributed by atoms with Crippen molar-refractivity contribution in [3.05, 3.63) is 64.5 Å². The lowest BCUT2D eigenvalue weighted by Gasteiger charge is -2.34. The maximum Gasteiger partial charge on any atom is 0.276 e. The van der Waals surface area contributed by atoms with Crippen LogP contribution in [0.2, 0.25) is 0 Å². The van der Waals surface area contributed by atoms with Gasteiger partial charge >= 0.3 is 0 Å². The summed E-state index contributed by atoms with van der Waals surface area (Å²) in [5.74, 6) is -0.314. The van der Waals surface area contributed by atoms with E-state index in [1.807, 2.05) is 6.07 Å². The number of amides is 1. The number of piperazine rings is 1. The molecule has 6 nitrogen and oxygen atoms in total. The summed E-state index contributed by atoms with van der Waals surface area (Å²) in [7, 11) is 0. The van der Waals surface area contributed by atoms with E-state index in [1.165, 1.54) is 6.07 Å². The van der Waals surface area contributed by atoms with E-state index in [-0.39, 0.29) is 11.7 Å². The van der Waals surface area contributed by atoms with Crippen LogP contribution < -0.4 is 0 Å². The van der Waals surface area contributed by atoms with Gasteiger partial charge in [0.2, 0.25) is 0 Å². The van der Waals surface area contributed by atoms with Crippen molar-refractivity contribution in [1.29, 1.82) is 0 Å². The third kappa shape index (κ3) is 3.22. The second-order valence-electron chi connectivity index (χ2n) is 6.21. The highest BCUT2D eigenvalue weighted by molar-refractivity contribution is 9.10. The van der Waals surface area contributed by atoms with E-state index in [0.29, 0.717) is 49.6 Å². The smallest absolute Gasteiger partial charge is 0.276 e. The minimum absolute atomic E-state index is 0.126. The minimum Gasteiger partial charge on any atom is -0.335 e. The molecule has 1 saturated heterocycles. The van der Waals surface area contributed by atoms with Crippen molar-refractivity contribution in [3.63, 3.8) is 0 Å². The van der Waals surface area contributed by atoms with Crippen LogP contribution in [0.5, 0.6) is 0 Å². The van der Waals surface area contributed by atoms with Crippen LogP contribution in [-0.2, 0) is 6.54 Å². The Bertz CT molecular complexity index is 952. The van der Waals surface area contributed by atoms with Crippen LogP contribution in [-0.4, -0.2) is 56.3 Å². The third-order valence-corrected chi connectivity index (χ3v) is 5.18. The number of nitrogens with zero attached hydrogens (tertiary/aromatic N) is 5. The highest BCUT2D eigenvalue weighted by Gasteiger charge is 2.25. The normalized spacial score (nSPS) is 15.5. The Hall–Kier alpha value is -2.32. The molecule has 2 aromatic heterocycles. The average Bonchev–Trinajstić information content (AvgIpc) is 3.05. The van der Waals surface area contributed by atoms with Crippen LogP contribution in [0.25, 0.3) is 5.65 Å². The molecule has 26 heavy (non-hydrogen) atoms. The molecule has 4 rings (SSSR count). The molecule has 0 unspecified atom stereocenters. The van der Waals surface area contributed by atoms with E-state index in [4.69, 9.17) is 0 Å². The summed E-state index contributed by atoms with van der Waals surface area (Å²) in [5.41, 5.74) is 1.57. The molecule has 0 radical (unpaired) electrons. The number of imidazole rings is 1. The van der Waals surface area contributed by atoms with E-state index in [2.05, 4.69) is 30.8 Å². The van der Waals surface area contributed by atoms with Crippen LogP contribution in [0, 0.1) is 5.82 Å². The van der Waals surface area contributed by atoms with E-state index in [0.717, 1.165) is 4.60 Å². The number of rotatable bonds is 3. The molecule has 0 bridgehead atoms. The summed E-state index contributed by atoms with van der Waals surface area (Å²) in [5, 5.41) is 0. The molecule has 0 spiro atoms. The zero-order valence-corrected chi connectivity index (χ0v) is 15.6. The lowest BCUT2D eigenvalue weighted by Crippen LogP contribution is -2.48. The molecule has 134 valence electrons. The summed E-state index contributed by atoms with van der Waals surface area (Å²) >= 11 is 3.40. The summed E-state index contributed by atoms with van der Waals surface area (Å²) in [6.45, 7) is 3.11. The van der Waals surface area contributed by atoms with Gasteiger partial charge in [0, 0.05) is 50.7 Å². The van der Waals surface area contributed by atoms with Crippen molar-refractivity contribution >= 4 is 27.5 Å². The summed E-state index contributed by atoms with van der Waals surface area (Å²) < 4.78 is 16.4. The Morgan fingerprint density at radius 1 is 1.15 bits per heavy atom. The van der Waals surface area contributed by atoms with Gasteiger partial charge < -0.3 is 4.90 Å². The molecule has 1 amide bonds. The maximum atomic E-state index is 13.8. The molecule has 1 aliphatic rings. The lowest BCUT2D eigenvalue weighted by molar-refractivity contribution is 0.0622. The molecule has 1 aromatic carbocycles. The molecule has 1 fully saturated rings. The monoisotopic (exact) mass is 417 g/mol. The van der Waals surface area contributed by atoms with Gasteiger partial charge in [-0.3, -0.25) is 14.1 Å². The lowest BCUT2D eigenvalue weighted by atomic mass is 10.2. The number of hydrogen-bond acceptors (Lipinski definition) is 4. The van der Waals surface area contributed by atoms with Gasteiger partial charge in [0.25, 0.3) is 5.91 Å². The topological polar surface area (TPSA) is 53.7 Å². The first-order valence-electron chi connectivity index (χ1n) is 8.36. The highest BCUT2D eigenvalue weighted by atomic mass is 79.9. The Balaban J connectivity index is 1.44. The van der Waals surface area contributed by atoms with Crippen molar-refractivity contribution in [2.24, 2.45) is 0 Å². The Kier molecular flexibility index (Phi) is 4.69. The zero-order valence-electron chi connectivity index (χ0n) is 14.0. The van der Waals surface area contributed by atoms with E-state index in [9.17, 15) is 9.18 Å². The number of halogens is 2. The van der Waals surface area contributed by atoms with Gasteiger partial charge in [-0.25, -0.2) is 14.4 Å². The van der Waals surface area contributed by atoms with Gasteiger partial charge in [-0.2, -0.15) is 0 Å². The van der Waals surface area contributed by atoms with Crippen molar-refractivity contribution < 1.29 is 9.18 Å². The fraction of sp³-hybridized carbons (Fsp3) is 0.278. The Morgan fingerprint density at radius 3 is 2.69 bits per heavy atom. The largest absolute Gasteiger partial charge is 0.335 e. The first kappa shape index (κ1) is 17.1. The first-order chi connectivity index (χ1) is 12.6. The molecular weight excluding hydrogens is 401 g/mol. The molecule has 0 N–H and O–H groups in total. The van der Waals surface area contributed by atoms with Crippen LogP contribution in [0.15, 0.2) is 47.5 Å². The fourth-order valence-electron chi connectivity index (χ4n) is 3.17. The summed E-state index contributed by atoms with van der Waals surface area (Å²) in [4.78, 5) is 25.3. The van der Waals surface area contributed by atoms with Gasteiger partial charge in [-0.15, -0.1) is 0 Å². The molecule has 0 atom stereocenters. The molecule has 3 heterocycles. The van der Waals surface area contributed by atoms with E-state index >= 15 is 0 Å². The first-order valence-corrected chi connectivity index (χ1v) is 9.15. The second-order valence-corrected chi connectivity index (χ2v) is 7.02. The minimum atomic E-state index is -0.188. The number of benzene rings is 1. The van der Waals surface area contributed by atoms with Crippen LogP contribution in [0.1, 0.15) is 16.1 Å². The summed E-state index contributed by atoms with van der Waals surface area (Å²) in [6.07, 6.45) is 5.01. The van der Waals surface area contributed by atoms with Gasteiger partial charge in [0.05, 0.1) is 6.20 Å². The van der Waals surface area contributed by atoms with Crippen molar-refractivity contribution in [1.82, 2.24) is 24.2 Å². The molecule has 1 aliphatic heterocycles.